The van der Waals surface area contributed by atoms with Gasteiger partial charge in [0.25, 0.3) is 0 Å². The number of fused-ring (bicyclic) bond motifs is 2. The van der Waals surface area contributed by atoms with Crippen LogP contribution in [0, 0.1) is 5.92 Å². The number of piperidine rings is 1. The molecular formula is C22H27N3O5. The Morgan fingerprint density at radius 1 is 1.20 bits per heavy atom. The number of hydrogen-bond donors (Lipinski definition) is 2. The molecule has 5 rings (SSSR count). The molecule has 0 spiro atoms. The molecule has 1 aliphatic carbocycles. The van der Waals surface area contributed by atoms with Crippen molar-refractivity contribution in [2.75, 3.05) is 38.8 Å². The maximum atomic E-state index is 13.0. The van der Waals surface area contributed by atoms with Gasteiger partial charge in [0.2, 0.25) is 5.43 Å². The number of methoxy groups -OCH3 is 2. The van der Waals surface area contributed by atoms with E-state index in [0.717, 1.165) is 38.2 Å². The second kappa shape index (κ2) is 7.19. The summed E-state index contributed by atoms with van der Waals surface area (Å²) in [7, 11) is 3.18. The van der Waals surface area contributed by atoms with E-state index < -0.39 is 11.4 Å². The van der Waals surface area contributed by atoms with E-state index in [1.807, 2.05) is 4.57 Å². The number of aromatic carboxylic acids is 1. The van der Waals surface area contributed by atoms with Crippen LogP contribution in [0.25, 0.3) is 10.9 Å². The number of benzene rings is 1. The van der Waals surface area contributed by atoms with Crippen LogP contribution in [0.3, 0.4) is 0 Å². The van der Waals surface area contributed by atoms with Crippen molar-refractivity contribution in [2.45, 2.75) is 37.8 Å². The first-order chi connectivity index (χ1) is 14.5. The van der Waals surface area contributed by atoms with Crippen LogP contribution in [0.4, 0.5) is 5.69 Å². The number of carboxylic acids is 1. The predicted octanol–water partition coefficient (Wildman–Crippen LogP) is 2.24. The van der Waals surface area contributed by atoms with Gasteiger partial charge in [0.15, 0.2) is 5.75 Å². The van der Waals surface area contributed by atoms with Gasteiger partial charge in [-0.3, -0.25) is 4.79 Å². The normalized spacial score (nSPS) is 23.5. The van der Waals surface area contributed by atoms with Gasteiger partial charge in [0.05, 0.1) is 25.1 Å². The maximum Gasteiger partial charge on any atom is 0.341 e. The quantitative estimate of drug-likeness (QED) is 0.777. The van der Waals surface area contributed by atoms with Gasteiger partial charge >= 0.3 is 5.97 Å². The summed E-state index contributed by atoms with van der Waals surface area (Å²) >= 11 is 0. The molecule has 2 atom stereocenters. The van der Waals surface area contributed by atoms with Crippen LogP contribution in [-0.2, 0) is 0 Å². The molecule has 160 valence electrons. The van der Waals surface area contributed by atoms with Crippen LogP contribution in [0.1, 0.15) is 42.1 Å². The highest BCUT2D eigenvalue weighted by atomic mass is 16.5. The molecule has 0 radical (unpaired) electrons. The lowest BCUT2D eigenvalue weighted by molar-refractivity contribution is 0.0695. The smallest absolute Gasteiger partial charge is 0.341 e. The van der Waals surface area contributed by atoms with E-state index in [9.17, 15) is 14.7 Å². The van der Waals surface area contributed by atoms with Gasteiger partial charge < -0.3 is 29.4 Å². The molecule has 3 fully saturated rings. The third kappa shape index (κ3) is 2.93. The van der Waals surface area contributed by atoms with Gasteiger partial charge in [-0.1, -0.05) is 0 Å². The van der Waals surface area contributed by atoms with E-state index >= 15 is 0 Å². The Morgan fingerprint density at radius 3 is 2.63 bits per heavy atom. The molecule has 1 aromatic heterocycles. The highest BCUT2D eigenvalue weighted by Gasteiger charge is 2.38. The van der Waals surface area contributed by atoms with Gasteiger partial charge in [-0.15, -0.1) is 0 Å². The highest BCUT2D eigenvalue weighted by molar-refractivity contribution is 5.99. The van der Waals surface area contributed by atoms with Crippen molar-refractivity contribution in [3.63, 3.8) is 0 Å². The number of aromatic nitrogens is 1. The molecular weight excluding hydrogens is 386 g/mol. The number of pyridine rings is 1. The minimum Gasteiger partial charge on any atom is -0.494 e. The number of hydrogen-bond acceptors (Lipinski definition) is 6. The van der Waals surface area contributed by atoms with Crippen LogP contribution < -0.4 is 25.1 Å². The SMILES string of the molecule is COc1cc2c(=O)c(C(=O)O)cn(C3CC3)c2c(OC)c1N1C[C@@H]2CCCN[C@@H]2C1. The number of ether oxygens (including phenoxy) is 2. The fourth-order valence-electron chi connectivity index (χ4n) is 5.12. The van der Waals surface area contributed by atoms with Gasteiger partial charge in [0, 0.05) is 31.4 Å². The van der Waals surface area contributed by atoms with Crippen LogP contribution >= 0.6 is 0 Å². The van der Waals surface area contributed by atoms with Crippen LogP contribution in [-0.4, -0.2) is 55.5 Å². The van der Waals surface area contributed by atoms with Crippen LogP contribution in [0.15, 0.2) is 17.1 Å². The average Bonchev–Trinajstić information content (AvgIpc) is 3.50. The summed E-state index contributed by atoms with van der Waals surface area (Å²) < 4.78 is 13.5. The summed E-state index contributed by atoms with van der Waals surface area (Å²) in [6.45, 7) is 2.79. The molecule has 1 saturated carbocycles. The fraction of sp³-hybridized carbons (Fsp3) is 0.545. The Labute approximate surface area is 174 Å². The number of nitrogens with zero attached hydrogens (tertiary/aromatic N) is 2. The molecule has 0 amide bonds. The minimum atomic E-state index is -1.21. The minimum absolute atomic E-state index is 0.184. The Balaban J connectivity index is 1.75. The molecule has 1 aromatic carbocycles. The van der Waals surface area contributed by atoms with Crippen molar-refractivity contribution in [3.05, 3.63) is 28.0 Å². The van der Waals surface area contributed by atoms with Gasteiger partial charge in [-0.25, -0.2) is 4.79 Å². The molecule has 2 saturated heterocycles. The largest absolute Gasteiger partial charge is 0.494 e. The van der Waals surface area contributed by atoms with E-state index in [1.54, 1.807) is 20.3 Å². The van der Waals surface area contributed by atoms with Crippen molar-refractivity contribution < 1.29 is 19.4 Å². The molecule has 2 aliphatic heterocycles. The summed E-state index contributed by atoms with van der Waals surface area (Å²) in [5, 5.41) is 13.5. The number of nitrogens with one attached hydrogen (secondary N) is 1. The monoisotopic (exact) mass is 413 g/mol. The van der Waals surface area contributed by atoms with Crippen LogP contribution in [0.2, 0.25) is 0 Å². The molecule has 8 heteroatoms. The maximum absolute atomic E-state index is 13.0. The zero-order chi connectivity index (χ0) is 21.0. The van der Waals surface area contributed by atoms with Crippen LogP contribution in [0.5, 0.6) is 11.5 Å². The van der Waals surface area contributed by atoms with Crippen molar-refractivity contribution in [1.82, 2.24) is 9.88 Å². The lowest BCUT2D eigenvalue weighted by Gasteiger charge is -2.26. The zero-order valence-electron chi connectivity index (χ0n) is 17.3. The Hall–Kier alpha value is -2.74. The number of rotatable bonds is 5. The zero-order valence-corrected chi connectivity index (χ0v) is 17.3. The predicted molar refractivity (Wildman–Crippen MR) is 113 cm³/mol. The molecule has 2 aromatic rings. The summed E-state index contributed by atoms with van der Waals surface area (Å²) in [6, 6.07) is 2.31. The van der Waals surface area contributed by atoms with Crippen molar-refractivity contribution in [1.29, 1.82) is 0 Å². The standard InChI is InChI=1S/C22H27N3O5/c1-29-17-8-14-18(25(13-5-6-13)10-15(20(14)26)22(27)28)21(30-2)19(17)24-9-12-4-3-7-23-16(12)11-24/h8,10,12-13,16,23H,3-7,9,11H2,1-2H3,(H,27,28)/t12-,16+/m0/s1. The second-order valence-corrected chi connectivity index (χ2v) is 8.54. The summed E-state index contributed by atoms with van der Waals surface area (Å²) in [5.74, 6) is 0.487. The Morgan fingerprint density at radius 2 is 2.00 bits per heavy atom. The molecule has 0 unspecified atom stereocenters. The van der Waals surface area contributed by atoms with E-state index in [1.165, 1.54) is 19.0 Å². The Bertz CT molecular complexity index is 1060. The third-order valence-electron chi connectivity index (χ3n) is 6.72. The summed E-state index contributed by atoms with van der Waals surface area (Å²) in [5.41, 5.74) is 0.783. The van der Waals surface area contributed by atoms with Crippen molar-refractivity contribution in [2.24, 2.45) is 5.92 Å². The molecule has 3 heterocycles. The molecule has 8 nitrogen and oxygen atoms in total. The first-order valence-corrected chi connectivity index (χ1v) is 10.6. The number of carbonyl (C=O) groups is 1. The molecule has 3 aliphatic rings. The molecule has 0 bridgehead atoms. The average molecular weight is 413 g/mol. The van der Waals surface area contributed by atoms with E-state index in [4.69, 9.17) is 9.47 Å². The van der Waals surface area contributed by atoms with Crippen molar-refractivity contribution in [3.8, 4) is 11.5 Å². The van der Waals surface area contributed by atoms with Gasteiger partial charge in [-0.2, -0.15) is 0 Å². The summed E-state index contributed by atoms with van der Waals surface area (Å²) in [4.78, 5) is 27.0. The van der Waals surface area contributed by atoms with E-state index in [0.29, 0.717) is 34.4 Å². The number of anilines is 1. The number of carboxylic acid groups (broad SMARTS) is 1. The Kier molecular flexibility index (Phi) is 4.61. The topological polar surface area (TPSA) is 93.0 Å². The van der Waals surface area contributed by atoms with Gasteiger partial charge in [0.1, 0.15) is 17.0 Å². The van der Waals surface area contributed by atoms with Gasteiger partial charge in [-0.05, 0) is 44.2 Å². The highest BCUT2D eigenvalue weighted by Crippen LogP contribution is 2.48. The second-order valence-electron chi connectivity index (χ2n) is 8.54. The lowest BCUT2D eigenvalue weighted by Crippen LogP contribution is -2.40. The fourth-order valence-corrected chi connectivity index (χ4v) is 5.12. The first kappa shape index (κ1) is 19.2. The van der Waals surface area contributed by atoms with E-state index in [2.05, 4.69) is 10.2 Å². The third-order valence-corrected chi connectivity index (χ3v) is 6.72. The molecule has 30 heavy (non-hydrogen) atoms. The van der Waals surface area contributed by atoms with E-state index in [-0.39, 0.29) is 11.6 Å². The van der Waals surface area contributed by atoms with Crippen molar-refractivity contribution >= 4 is 22.6 Å². The lowest BCUT2D eigenvalue weighted by atomic mass is 9.94. The first-order valence-electron chi connectivity index (χ1n) is 10.6. The molecule has 2 N–H and O–H groups in total. The summed E-state index contributed by atoms with van der Waals surface area (Å²) in [6.07, 6.45) is 5.77.